The van der Waals surface area contributed by atoms with Gasteiger partial charge in [0.1, 0.15) is 42.8 Å². The van der Waals surface area contributed by atoms with Crippen LogP contribution < -0.4 is 35.1 Å². The van der Waals surface area contributed by atoms with E-state index < -0.39 is 24.8 Å². The number of imidazole rings is 1. The summed E-state index contributed by atoms with van der Waals surface area (Å²) in [7, 11) is 3.29. The highest BCUT2D eigenvalue weighted by Crippen LogP contribution is 2.47. The number of ether oxygens (including phenoxy) is 5. The SMILES string of the molecule is CO[C@H]1CCN(c2ccc(-c3cccc(NC(=O)C4CC4)c3)cc2C#N)C1.COc1cc(-c2cc(NC(=O)C3CC3)ccn2)cc(C#N)c1OC1CCOCC1.N#Cc1cc(-c2cccc(NC(=O)C3CC3c3cnc[nH]3)c2)ccc1O[C@H]1CCN(C(=O)CO)C[C@H]1F. The molecule has 21 nitrogen and oxygen atoms in total. The zero-order valence-corrected chi connectivity index (χ0v) is 51.7. The number of carbonyl (C=O) groups is 4. The maximum absolute atomic E-state index is 14.7. The molecule has 3 aliphatic carbocycles. The summed E-state index contributed by atoms with van der Waals surface area (Å²) in [6.45, 7) is 2.46. The average Bonchev–Trinajstić information content (AvgIpc) is 1.76. The Balaban J connectivity index is 0.000000145. The summed E-state index contributed by atoms with van der Waals surface area (Å²) in [5, 5.41) is 46.9. The number of aromatic amines is 1. The van der Waals surface area contributed by atoms with Gasteiger partial charge in [-0.2, -0.15) is 15.8 Å². The summed E-state index contributed by atoms with van der Waals surface area (Å²) in [6.07, 6.45) is 10.4. The number of hydrogen-bond acceptors (Lipinski definition) is 16. The predicted octanol–water partition coefficient (Wildman–Crippen LogP) is 10.3. The fourth-order valence-electron chi connectivity index (χ4n) is 11.6. The van der Waals surface area contributed by atoms with E-state index in [-0.39, 0.29) is 84.4 Å². The topological polar surface area (TPSA) is 290 Å². The fraction of sp³-hybridized carbons (Fsp3) is 0.366. The Morgan fingerprint density at radius 1 is 0.667 bits per heavy atom. The second kappa shape index (κ2) is 29.8. The van der Waals surface area contributed by atoms with Crippen molar-refractivity contribution in [1.29, 1.82) is 15.8 Å². The number of H-pyrrole nitrogens is 1. The molecule has 6 fully saturated rings. The Morgan fingerprint density at radius 2 is 1.30 bits per heavy atom. The first kappa shape index (κ1) is 64.4. The summed E-state index contributed by atoms with van der Waals surface area (Å²) < 4.78 is 42.9. The average molecular weight is 1260 g/mol. The van der Waals surface area contributed by atoms with Crippen molar-refractivity contribution in [2.24, 2.45) is 17.8 Å². The van der Waals surface area contributed by atoms with Gasteiger partial charge in [0.15, 0.2) is 17.7 Å². The molecule has 3 aliphatic heterocycles. The quantitative estimate of drug-likeness (QED) is 0.0534. The van der Waals surface area contributed by atoms with Crippen molar-refractivity contribution < 1.29 is 52.4 Å². The van der Waals surface area contributed by atoms with Gasteiger partial charge < -0.3 is 59.5 Å². The van der Waals surface area contributed by atoms with Crippen LogP contribution in [0.1, 0.15) is 86.1 Å². The fourth-order valence-corrected chi connectivity index (χ4v) is 11.6. The smallest absolute Gasteiger partial charge is 0.248 e. The normalized spacial score (nSPS) is 19.7. The molecule has 3 saturated heterocycles. The number of carbonyl (C=O) groups excluding carboxylic acids is 4. The predicted molar refractivity (Wildman–Crippen MR) is 345 cm³/mol. The Labute approximate surface area is 538 Å². The van der Waals surface area contributed by atoms with Crippen LogP contribution in [0.4, 0.5) is 27.1 Å². The van der Waals surface area contributed by atoms with Crippen molar-refractivity contribution in [2.75, 3.05) is 81.1 Å². The number of nitrogens with one attached hydrogen (secondary N) is 4. The molecule has 5 N–H and O–H groups in total. The monoisotopic (exact) mass is 1260 g/mol. The Kier molecular flexibility index (Phi) is 20.7. The van der Waals surface area contributed by atoms with Gasteiger partial charge in [-0.05, 0) is 134 Å². The number of amides is 4. The molecule has 7 aromatic rings. The third kappa shape index (κ3) is 16.3. The maximum atomic E-state index is 14.7. The van der Waals surface area contributed by atoms with E-state index in [1.807, 2.05) is 72.8 Å². The number of pyridine rings is 1. The number of halogens is 1. The summed E-state index contributed by atoms with van der Waals surface area (Å²) in [5.74, 6) is 1.13. The van der Waals surface area contributed by atoms with Gasteiger partial charge in [0.05, 0.1) is 67.4 Å². The van der Waals surface area contributed by atoms with Crippen molar-refractivity contribution in [3.63, 3.8) is 0 Å². The highest BCUT2D eigenvalue weighted by atomic mass is 19.1. The molecule has 6 aliphatic rings. The Bertz CT molecular complexity index is 3980. The second-order valence-corrected chi connectivity index (χ2v) is 23.9. The third-order valence-electron chi connectivity index (χ3n) is 17.3. The third-order valence-corrected chi connectivity index (χ3v) is 17.3. The number of anilines is 4. The summed E-state index contributed by atoms with van der Waals surface area (Å²) in [5.41, 5.74) is 10.3. The molecule has 2 aromatic heterocycles. The minimum Gasteiger partial charge on any atom is -0.493 e. The molecule has 0 spiro atoms. The van der Waals surface area contributed by atoms with E-state index in [1.165, 1.54) is 4.90 Å². The van der Waals surface area contributed by atoms with Gasteiger partial charge in [0.25, 0.3) is 0 Å². The van der Waals surface area contributed by atoms with Crippen molar-refractivity contribution >= 4 is 46.4 Å². The van der Waals surface area contributed by atoms with Crippen LogP contribution in [0.15, 0.2) is 128 Å². The molecule has 93 heavy (non-hydrogen) atoms. The lowest BCUT2D eigenvalue weighted by molar-refractivity contribution is -0.138. The number of benzene rings is 5. The highest BCUT2D eigenvalue weighted by molar-refractivity contribution is 5.97. The summed E-state index contributed by atoms with van der Waals surface area (Å²) in [4.78, 5) is 63.3. The lowest BCUT2D eigenvalue weighted by Crippen LogP contribution is -2.50. The van der Waals surface area contributed by atoms with Gasteiger partial charge in [-0.15, -0.1) is 0 Å². The minimum atomic E-state index is -1.44. The number of nitrogens with zero attached hydrogens (tertiary/aromatic N) is 7. The van der Waals surface area contributed by atoms with E-state index in [4.69, 9.17) is 28.8 Å². The summed E-state index contributed by atoms with van der Waals surface area (Å²) >= 11 is 0. The lowest BCUT2D eigenvalue weighted by Gasteiger charge is -2.34. The maximum Gasteiger partial charge on any atom is 0.248 e. The van der Waals surface area contributed by atoms with E-state index in [0.29, 0.717) is 52.9 Å². The van der Waals surface area contributed by atoms with E-state index >= 15 is 0 Å². The van der Waals surface area contributed by atoms with Gasteiger partial charge in [-0.3, -0.25) is 24.2 Å². The Morgan fingerprint density at radius 3 is 1.90 bits per heavy atom. The van der Waals surface area contributed by atoms with Crippen LogP contribution in [0.5, 0.6) is 17.2 Å². The van der Waals surface area contributed by atoms with E-state index in [0.717, 1.165) is 109 Å². The zero-order chi connectivity index (χ0) is 65.0. The molecule has 0 bridgehead atoms. The van der Waals surface area contributed by atoms with E-state index in [2.05, 4.69) is 54.0 Å². The number of piperidine rings is 1. The van der Waals surface area contributed by atoms with Crippen LogP contribution in [0, 0.1) is 51.7 Å². The van der Waals surface area contributed by atoms with Crippen LogP contribution in [0.3, 0.4) is 0 Å². The number of likely N-dealkylation sites (tertiary alicyclic amines) is 1. The number of aliphatic hydroxyl groups is 1. The van der Waals surface area contributed by atoms with Crippen molar-refractivity contribution in [3.8, 4) is 69.0 Å². The number of nitriles is 3. The molecule has 5 atom stereocenters. The first-order valence-electron chi connectivity index (χ1n) is 31.3. The molecule has 13 rings (SSSR count). The van der Waals surface area contributed by atoms with Crippen LogP contribution in [0.2, 0.25) is 0 Å². The van der Waals surface area contributed by atoms with Crippen LogP contribution in [-0.2, 0) is 28.7 Å². The molecule has 5 heterocycles. The molecule has 22 heteroatoms. The van der Waals surface area contributed by atoms with Crippen molar-refractivity contribution in [3.05, 3.63) is 150 Å². The number of rotatable bonds is 18. The molecule has 5 aromatic carbocycles. The van der Waals surface area contributed by atoms with Crippen LogP contribution >= 0.6 is 0 Å². The standard InChI is InChI=1S/C27H26FN5O4.C22H23N3O4.C22H23N3O2/c28-22-13-33(26(35)14-34)7-6-25(22)37-24-5-4-17(8-18(24)11-29)16-2-1-3-19(9-16)32-27(36)21-10-20(21)23-12-30-15-31-23;1-27-20-11-15(10-16(13-23)21(20)29-18-5-8-28-9-6-18)19-12-17(4-7-24-19)25-22(26)14-2-3-14;1-27-20-9-10-25(14-20)21-8-7-17(11-18(21)13-23)16-3-2-4-19(12-16)24-22(26)15-5-6-15/h1-5,8-9,12,15,20-22,25,34H,6-7,10,13-14H2,(H,30,31)(H,32,36);4,7,10-12,14,18H,2-3,5-6,8-9H2,1H3,(H,24,25,26);2-4,7-8,11-12,15,20H,5-6,9-10,14H2,1H3,(H,24,26)/t20?,21?,22-,25+;;20-/m1.0/s1. The Hall–Kier alpha value is -10.2. The number of alkyl halides is 1. The molecular formula is C71H72FN11O10. The van der Waals surface area contributed by atoms with E-state index in [1.54, 1.807) is 69.3 Å². The number of hydrogen-bond donors (Lipinski definition) is 5. The molecule has 0 radical (unpaired) electrons. The van der Waals surface area contributed by atoms with Crippen LogP contribution in [-0.4, -0.2) is 133 Å². The van der Waals surface area contributed by atoms with Crippen molar-refractivity contribution in [1.82, 2.24) is 19.9 Å². The van der Waals surface area contributed by atoms with Gasteiger partial charge in [0.2, 0.25) is 23.6 Å². The van der Waals surface area contributed by atoms with Gasteiger partial charge in [-0.25, -0.2) is 9.37 Å². The second-order valence-electron chi connectivity index (χ2n) is 23.9. The number of aliphatic hydroxyl groups excluding tert-OH is 1. The van der Waals surface area contributed by atoms with Gasteiger partial charge >= 0.3 is 0 Å². The molecule has 478 valence electrons. The molecule has 2 unspecified atom stereocenters. The lowest BCUT2D eigenvalue weighted by atomic mass is 10.0. The first-order valence-corrected chi connectivity index (χ1v) is 31.3. The summed E-state index contributed by atoms with van der Waals surface area (Å²) in [6, 6.07) is 40.0. The van der Waals surface area contributed by atoms with Gasteiger partial charge in [-0.1, -0.05) is 36.4 Å². The van der Waals surface area contributed by atoms with Crippen molar-refractivity contribution in [2.45, 2.75) is 88.2 Å². The number of methoxy groups -OCH3 is 2. The molecular weight excluding hydrogens is 1190 g/mol. The number of aromatic nitrogens is 3. The molecule has 4 amide bonds. The minimum absolute atomic E-state index is 0.00492. The zero-order valence-electron chi connectivity index (χ0n) is 51.7. The molecule has 3 saturated carbocycles. The van der Waals surface area contributed by atoms with E-state index in [9.17, 15) is 39.4 Å². The first-order chi connectivity index (χ1) is 45.3. The van der Waals surface area contributed by atoms with Gasteiger partial charge in [0, 0.05) is 110 Å². The largest absolute Gasteiger partial charge is 0.493 e. The van der Waals surface area contributed by atoms with Crippen LogP contribution in [0.25, 0.3) is 33.5 Å². The highest BCUT2D eigenvalue weighted by Gasteiger charge is 2.45.